The average molecular weight is 683 g/mol. The van der Waals surface area contributed by atoms with Gasteiger partial charge in [-0.3, -0.25) is 19.1 Å². The number of halogens is 1. The van der Waals surface area contributed by atoms with Crippen molar-refractivity contribution < 1.29 is 14.4 Å². The Morgan fingerprint density at radius 2 is 1.85 bits per heavy atom. The van der Waals surface area contributed by atoms with Crippen molar-refractivity contribution in [2.24, 2.45) is 5.41 Å². The number of anilines is 1. The molecule has 1 saturated carbocycles. The largest absolute Gasteiger partial charge is 0.325 e. The molecular weight excluding hydrogens is 646 g/mol. The van der Waals surface area contributed by atoms with Crippen LogP contribution in [-0.2, 0) is 22.6 Å². The Bertz CT molecular complexity index is 1890. The van der Waals surface area contributed by atoms with E-state index in [-0.39, 0.29) is 35.6 Å². The van der Waals surface area contributed by atoms with Crippen molar-refractivity contribution in [3.05, 3.63) is 76.6 Å². The highest BCUT2D eigenvalue weighted by Crippen LogP contribution is 2.61. The number of aryl methyl sites for hydroxylation is 2. The minimum Gasteiger partial charge on any atom is -0.325 e. The number of carbonyl (C=O) groups is 3. The molecule has 1 spiro atoms. The maximum Gasteiger partial charge on any atom is 0.248 e. The third kappa shape index (κ3) is 5.77. The molecule has 4 aromatic rings. The van der Waals surface area contributed by atoms with Crippen molar-refractivity contribution in [1.29, 1.82) is 0 Å². The summed E-state index contributed by atoms with van der Waals surface area (Å²) in [4.78, 5) is 55.8. The summed E-state index contributed by atoms with van der Waals surface area (Å²) in [5.74, 6) is 0.605. The monoisotopic (exact) mass is 681 g/mol. The van der Waals surface area contributed by atoms with Crippen molar-refractivity contribution in [3.63, 3.8) is 0 Å². The number of likely N-dealkylation sites (tertiary alicyclic amines) is 1. The number of ketones is 1. The number of carbonyl (C=O) groups excluding carboxylic acids is 3. The van der Waals surface area contributed by atoms with Crippen molar-refractivity contribution in [2.75, 3.05) is 5.32 Å². The second-order valence-electron chi connectivity index (χ2n) is 12.8. The van der Waals surface area contributed by atoms with Crippen LogP contribution in [0.4, 0.5) is 5.82 Å². The van der Waals surface area contributed by atoms with Gasteiger partial charge in [-0.1, -0.05) is 37.1 Å². The molecule has 236 valence electrons. The number of amides is 2. The number of fused-ring (bicyclic) bond motifs is 3. The van der Waals surface area contributed by atoms with Crippen LogP contribution in [0.15, 0.2) is 59.5 Å². The number of Topliss-reactive ketones (excluding diaryl/α,β-unsaturated/α-hetero) is 1. The number of hydrogen-bond acceptors (Lipinski definition) is 7. The first-order valence-electron chi connectivity index (χ1n) is 16.0. The fourth-order valence-electron chi connectivity index (χ4n) is 7.10. The molecule has 1 aromatic carbocycles. The topological polar surface area (TPSA) is 123 Å². The number of rotatable bonds is 4. The van der Waals surface area contributed by atoms with Crippen LogP contribution in [0.2, 0.25) is 0 Å². The van der Waals surface area contributed by atoms with E-state index in [9.17, 15) is 14.4 Å². The summed E-state index contributed by atoms with van der Waals surface area (Å²) >= 11 is 3.46. The van der Waals surface area contributed by atoms with Crippen molar-refractivity contribution in [2.45, 2.75) is 83.8 Å². The molecule has 1 aliphatic carbocycles. The first-order chi connectivity index (χ1) is 22.2. The zero-order valence-electron chi connectivity index (χ0n) is 26.0. The molecule has 2 fully saturated rings. The smallest absolute Gasteiger partial charge is 0.248 e. The molecule has 2 aliphatic heterocycles. The van der Waals surface area contributed by atoms with Gasteiger partial charge in [0.15, 0.2) is 5.78 Å². The van der Waals surface area contributed by atoms with E-state index in [1.165, 1.54) is 6.92 Å². The Morgan fingerprint density at radius 3 is 2.65 bits per heavy atom. The summed E-state index contributed by atoms with van der Waals surface area (Å²) in [6.45, 7) is 3.22. The van der Waals surface area contributed by atoms with Gasteiger partial charge < -0.3 is 10.2 Å². The van der Waals surface area contributed by atoms with Crippen molar-refractivity contribution in [3.8, 4) is 11.1 Å². The summed E-state index contributed by atoms with van der Waals surface area (Å²) in [7, 11) is 0. The Kier molecular flexibility index (Phi) is 8.04. The molecule has 2 amide bonds. The predicted octanol–water partition coefficient (Wildman–Crippen LogP) is 6.22. The molecule has 1 saturated heterocycles. The fourth-order valence-corrected chi connectivity index (χ4v) is 7.41. The molecule has 0 unspecified atom stereocenters. The number of piperidine rings is 1. The Balaban J connectivity index is 1.20. The van der Waals surface area contributed by atoms with E-state index in [4.69, 9.17) is 0 Å². The molecular formula is C35H36BrN7O3. The number of allylic oxidation sites excluding steroid dienone is 1. The molecule has 3 atom stereocenters. The summed E-state index contributed by atoms with van der Waals surface area (Å²) < 4.78 is 2.24. The number of hydrogen-bond donors (Lipinski definition) is 1. The van der Waals surface area contributed by atoms with Gasteiger partial charge in [-0.05, 0) is 90.7 Å². The highest BCUT2D eigenvalue weighted by atomic mass is 79.9. The van der Waals surface area contributed by atoms with E-state index in [0.717, 1.165) is 61.6 Å². The predicted molar refractivity (Wildman–Crippen MR) is 178 cm³/mol. The average Bonchev–Trinajstić information content (AvgIpc) is 3.45. The SMILES string of the molecule is CC(=O)c1nn(CC(=O)N2[C@H]3C[C@@]4(C=CCCCCCCc5ccc(Br)nc5NC3=O)C[C@@H]24)c2ccc(-c3cnc(C)nc3)cc12. The van der Waals surface area contributed by atoms with E-state index in [1.54, 1.807) is 22.0 Å². The molecule has 46 heavy (non-hydrogen) atoms. The lowest BCUT2D eigenvalue weighted by Gasteiger charge is -2.27. The molecule has 5 heterocycles. The van der Waals surface area contributed by atoms with Crippen LogP contribution < -0.4 is 5.32 Å². The zero-order chi connectivity index (χ0) is 32.0. The Hall–Kier alpha value is -4.25. The lowest BCUT2D eigenvalue weighted by molar-refractivity contribution is -0.138. The number of pyridine rings is 1. The first kappa shape index (κ1) is 30.4. The van der Waals surface area contributed by atoms with Crippen molar-refractivity contribution >= 4 is 50.2 Å². The molecule has 7 rings (SSSR count). The summed E-state index contributed by atoms with van der Waals surface area (Å²) in [6.07, 6.45) is 15.6. The van der Waals surface area contributed by atoms with Gasteiger partial charge in [0.2, 0.25) is 11.8 Å². The second-order valence-corrected chi connectivity index (χ2v) is 13.6. The summed E-state index contributed by atoms with van der Waals surface area (Å²) in [5.41, 5.74) is 3.45. The van der Waals surface area contributed by atoms with Gasteiger partial charge in [0.1, 0.15) is 34.5 Å². The van der Waals surface area contributed by atoms with Crippen LogP contribution in [0, 0.1) is 12.3 Å². The van der Waals surface area contributed by atoms with Gasteiger partial charge in [0.25, 0.3) is 0 Å². The standard InChI is InChI=1S/C35H36BrN7O3/c1-21(44)32-26-15-24(25-18-37-22(2)38-19-25)10-12-27(26)42(41-32)20-31(45)43-28-16-35(17-29(35)43)14-8-6-4-3-5-7-9-23-11-13-30(36)39-33(23)40-34(28)46/h8,10-15,18-19,28-29H,3-7,9,16-17,20H2,1-2H3,(H,39,40,46)/t28-,29+,35-/m0/s1. The number of aromatic nitrogens is 5. The molecule has 3 aliphatic rings. The highest BCUT2D eigenvalue weighted by molar-refractivity contribution is 9.10. The minimum absolute atomic E-state index is 0.0583. The molecule has 11 heteroatoms. The molecule has 1 N–H and O–H groups in total. The molecule has 10 nitrogen and oxygen atoms in total. The van der Waals surface area contributed by atoms with E-state index in [0.29, 0.717) is 39.3 Å². The van der Waals surface area contributed by atoms with Crippen LogP contribution in [0.25, 0.3) is 22.0 Å². The normalized spacial score (nSPS) is 22.8. The van der Waals surface area contributed by atoms with E-state index in [1.807, 2.05) is 37.3 Å². The third-order valence-corrected chi connectivity index (χ3v) is 10.0. The fraction of sp³-hybridized carbons (Fsp3) is 0.400. The van der Waals surface area contributed by atoms with Gasteiger partial charge in [-0.15, -0.1) is 0 Å². The third-order valence-electron chi connectivity index (χ3n) is 9.60. The van der Waals surface area contributed by atoms with Crippen molar-refractivity contribution in [1.82, 2.24) is 29.6 Å². The second kappa shape index (κ2) is 12.2. The Labute approximate surface area is 275 Å². The maximum absolute atomic E-state index is 14.2. The number of benzene rings is 1. The quantitative estimate of drug-likeness (QED) is 0.154. The van der Waals surface area contributed by atoms with E-state index >= 15 is 0 Å². The summed E-state index contributed by atoms with van der Waals surface area (Å²) in [6, 6.07) is 8.90. The lowest BCUT2D eigenvalue weighted by Crippen LogP contribution is -2.47. The van der Waals surface area contributed by atoms with Crippen LogP contribution >= 0.6 is 15.9 Å². The van der Waals surface area contributed by atoms with Crippen LogP contribution in [0.1, 0.15) is 73.7 Å². The molecule has 0 radical (unpaired) electrons. The van der Waals surface area contributed by atoms with Gasteiger partial charge in [-0.2, -0.15) is 5.10 Å². The number of nitrogens with one attached hydrogen (secondary N) is 1. The zero-order valence-corrected chi connectivity index (χ0v) is 27.6. The van der Waals surface area contributed by atoms with Crippen LogP contribution in [0.5, 0.6) is 0 Å². The van der Waals surface area contributed by atoms with E-state index in [2.05, 4.69) is 53.4 Å². The van der Waals surface area contributed by atoms with Crippen LogP contribution in [0.3, 0.4) is 0 Å². The molecule has 3 aromatic heterocycles. The molecule has 2 bridgehead atoms. The minimum atomic E-state index is -0.642. The number of nitrogens with zero attached hydrogens (tertiary/aromatic N) is 6. The van der Waals surface area contributed by atoms with E-state index < -0.39 is 6.04 Å². The lowest BCUT2D eigenvalue weighted by atomic mass is 9.97. The van der Waals surface area contributed by atoms with Gasteiger partial charge in [-0.25, -0.2) is 15.0 Å². The van der Waals surface area contributed by atoms with Gasteiger partial charge in [0.05, 0.1) is 5.52 Å². The first-order valence-corrected chi connectivity index (χ1v) is 16.8. The highest BCUT2D eigenvalue weighted by Gasteiger charge is 2.65. The Morgan fingerprint density at radius 1 is 1.04 bits per heavy atom. The van der Waals surface area contributed by atoms with Crippen LogP contribution in [-0.4, -0.2) is 59.3 Å². The maximum atomic E-state index is 14.2. The summed E-state index contributed by atoms with van der Waals surface area (Å²) in [5, 5.41) is 8.35. The van der Waals surface area contributed by atoms with Gasteiger partial charge >= 0.3 is 0 Å². The van der Waals surface area contributed by atoms with Gasteiger partial charge in [0, 0.05) is 41.7 Å².